The Morgan fingerprint density at radius 3 is 2.50 bits per heavy atom. The van der Waals surface area contributed by atoms with Crippen LogP contribution in [0.1, 0.15) is 22.4 Å². The van der Waals surface area contributed by atoms with Gasteiger partial charge < -0.3 is 10.4 Å². The lowest BCUT2D eigenvalue weighted by Gasteiger charge is -2.16. The molecule has 2 aromatic carbocycles. The molecule has 3 aromatic rings. The van der Waals surface area contributed by atoms with Crippen molar-refractivity contribution >= 4 is 22.6 Å². The Hall–Kier alpha value is -2.88. The Bertz CT molecular complexity index is 886. The lowest BCUT2D eigenvalue weighted by Crippen LogP contribution is -2.10. The number of rotatable bonds is 5. The number of carboxylic acids is 1. The Morgan fingerprint density at radius 1 is 1.08 bits per heavy atom. The number of anilines is 1. The molecule has 1 aromatic heterocycles. The van der Waals surface area contributed by atoms with Crippen molar-refractivity contribution < 1.29 is 9.90 Å². The summed E-state index contributed by atoms with van der Waals surface area (Å²) in [5.74, 6) is -0.853. The van der Waals surface area contributed by atoms with Gasteiger partial charge in [0, 0.05) is 28.9 Å². The molecule has 0 fully saturated rings. The van der Waals surface area contributed by atoms with Gasteiger partial charge in [0.15, 0.2) is 0 Å². The second-order valence-corrected chi connectivity index (χ2v) is 5.98. The van der Waals surface area contributed by atoms with E-state index in [4.69, 9.17) is 0 Å². The van der Waals surface area contributed by atoms with Gasteiger partial charge in [-0.15, -0.1) is 0 Å². The van der Waals surface area contributed by atoms with E-state index >= 15 is 0 Å². The van der Waals surface area contributed by atoms with Crippen LogP contribution in [0.4, 0.5) is 5.69 Å². The van der Waals surface area contributed by atoms with E-state index in [1.807, 2.05) is 31.2 Å². The monoisotopic (exact) mass is 320 g/mol. The smallest absolute Gasteiger partial charge is 0.307 e. The zero-order valence-electron chi connectivity index (χ0n) is 13.8. The van der Waals surface area contributed by atoms with Gasteiger partial charge in [0.1, 0.15) is 0 Å². The summed E-state index contributed by atoms with van der Waals surface area (Å²) in [6, 6.07) is 16.1. The Labute approximate surface area is 141 Å². The summed E-state index contributed by atoms with van der Waals surface area (Å²) in [5.41, 5.74) is 5.60. The molecule has 4 nitrogen and oxygen atoms in total. The van der Waals surface area contributed by atoms with Crippen molar-refractivity contribution in [1.82, 2.24) is 4.98 Å². The van der Waals surface area contributed by atoms with Gasteiger partial charge in [0.25, 0.3) is 0 Å². The average molecular weight is 320 g/mol. The van der Waals surface area contributed by atoms with E-state index in [1.54, 1.807) is 0 Å². The number of hydrogen-bond acceptors (Lipinski definition) is 3. The molecule has 4 heteroatoms. The molecular formula is C20H20N2O2. The Balaban J connectivity index is 2.02. The van der Waals surface area contributed by atoms with Gasteiger partial charge in [-0.3, -0.25) is 9.78 Å². The summed E-state index contributed by atoms with van der Waals surface area (Å²) in [7, 11) is 0. The van der Waals surface area contributed by atoms with Crippen LogP contribution in [-0.2, 0) is 17.8 Å². The highest BCUT2D eigenvalue weighted by atomic mass is 16.4. The molecule has 0 saturated carbocycles. The van der Waals surface area contributed by atoms with E-state index in [0.717, 1.165) is 33.4 Å². The van der Waals surface area contributed by atoms with Gasteiger partial charge in [-0.2, -0.15) is 0 Å². The zero-order chi connectivity index (χ0) is 17.1. The molecule has 0 aliphatic heterocycles. The number of fused-ring (bicyclic) bond motifs is 1. The molecule has 2 N–H and O–H groups in total. The van der Waals surface area contributed by atoms with Crippen LogP contribution in [0.25, 0.3) is 10.9 Å². The number of hydrogen-bond donors (Lipinski definition) is 2. The summed E-state index contributed by atoms with van der Waals surface area (Å²) in [5, 5.41) is 13.6. The normalized spacial score (nSPS) is 10.8. The molecule has 0 amide bonds. The first-order chi connectivity index (χ1) is 11.5. The third-order valence-corrected chi connectivity index (χ3v) is 4.12. The number of carboxylic acid groups (broad SMARTS) is 1. The third-order valence-electron chi connectivity index (χ3n) is 4.12. The average Bonchev–Trinajstić information content (AvgIpc) is 2.56. The fourth-order valence-electron chi connectivity index (χ4n) is 2.84. The van der Waals surface area contributed by atoms with E-state index < -0.39 is 5.97 Å². The highest BCUT2D eigenvalue weighted by molar-refractivity contribution is 5.94. The summed E-state index contributed by atoms with van der Waals surface area (Å²) >= 11 is 0. The van der Waals surface area contributed by atoms with Gasteiger partial charge in [0.2, 0.25) is 0 Å². The highest BCUT2D eigenvalue weighted by Crippen LogP contribution is 2.29. The number of para-hydroxylation sites is 1. The molecule has 3 rings (SSSR count). The van der Waals surface area contributed by atoms with Crippen molar-refractivity contribution in [3.05, 3.63) is 70.9 Å². The zero-order valence-corrected chi connectivity index (χ0v) is 13.8. The molecule has 1 heterocycles. The van der Waals surface area contributed by atoms with Crippen LogP contribution >= 0.6 is 0 Å². The molecule has 0 bridgehead atoms. The number of nitrogens with one attached hydrogen (secondary N) is 1. The summed E-state index contributed by atoms with van der Waals surface area (Å²) in [4.78, 5) is 15.8. The molecule has 0 atom stereocenters. The first kappa shape index (κ1) is 16.0. The van der Waals surface area contributed by atoms with E-state index in [0.29, 0.717) is 6.54 Å². The lowest BCUT2D eigenvalue weighted by atomic mass is 10.0. The Morgan fingerprint density at radius 2 is 1.79 bits per heavy atom. The van der Waals surface area contributed by atoms with Crippen molar-refractivity contribution in [2.45, 2.75) is 26.8 Å². The molecular weight excluding hydrogens is 300 g/mol. The van der Waals surface area contributed by atoms with Crippen LogP contribution in [0.15, 0.2) is 48.5 Å². The van der Waals surface area contributed by atoms with Crippen molar-refractivity contribution in [3.63, 3.8) is 0 Å². The molecule has 0 spiro atoms. The standard InChI is InChI=1S/C20H20N2O2/c1-13-7-9-15(10-8-13)12-21-20-16-5-3-4-6-18(16)22-14(2)17(20)11-19(23)24/h3-10H,11-12H2,1-2H3,(H,21,22)(H,23,24). The van der Waals surface area contributed by atoms with Gasteiger partial charge in [-0.05, 0) is 25.5 Å². The third kappa shape index (κ3) is 3.38. The predicted octanol–water partition coefficient (Wildman–Crippen LogP) is 4.09. The number of pyridine rings is 1. The van der Waals surface area contributed by atoms with Crippen LogP contribution in [0, 0.1) is 13.8 Å². The van der Waals surface area contributed by atoms with Crippen molar-refractivity contribution in [2.24, 2.45) is 0 Å². The Kier molecular flexibility index (Phi) is 4.47. The van der Waals surface area contributed by atoms with E-state index in [2.05, 4.69) is 41.5 Å². The second-order valence-electron chi connectivity index (χ2n) is 5.98. The fourth-order valence-corrected chi connectivity index (χ4v) is 2.84. The second kappa shape index (κ2) is 6.71. The van der Waals surface area contributed by atoms with Gasteiger partial charge in [0.05, 0.1) is 11.9 Å². The van der Waals surface area contributed by atoms with Crippen LogP contribution in [0.2, 0.25) is 0 Å². The van der Waals surface area contributed by atoms with E-state index in [-0.39, 0.29) is 6.42 Å². The lowest BCUT2D eigenvalue weighted by molar-refractivity contribution is -0.136. The molecule has 0 radical (unpaired) electrons. The van der Waals surface area contributed by atoms with Crippen LogP contribution in [0.5, 0.6) is 0 Å². The molecule has 122 valence electrons. The van der Waals surface area contributed by atoms with Crippen LogP contribution < -0.4 is 5.32 Å². The summed E-state index contributed by atoms with van der Waals surface area (Å²) in [6.45, 7) is 4.56. The minimum absolute atomic E-state index is 0.0418. The minimum atomic E-state index is -0.853. The molecule has 24 heavy (non-hydrogen) atoms. The maximum atomic E-state index is 11.3. The topological polar surface area (TPSA) is 62.2 Å². The molecule has 0 aliphatic rings. The largest absolute Gasteiger partial charge is 0.481 e. The summed E-state index contributed by atoms with van der Waals surface area (Å²) < 4.78 is 0. The van der Waals surface area contributed by atoms with Crippen LogP contribution in [-0.4, -0.2) is 16.1 Å². The first-order valence-corrected chi connectivity index (χ1v) is 7.94. The van der Waals surface area contributed by atoms with Gasteiger partial charge in [-0.1, -0.05) is 48.0 Å². The van der Waals surface area contributed by atoms with E-state index in [1.165, 1.54) is 5.56 Å². The number of benzene rings is 2. The number of nitrogens with zero attached hydrogens (tertiary/aromatic N) is 1. The highest BCUT2D eigenvalue weighted by Gasteiger charge is 2.15. The molecule has 0 aliphatic carbocycles. The molecule has 0 saturated heterocycles. The summed E-state index contributed by atoms with van der Waals surface area (Å²) in [6.07, 6.45) is -0.0418. The van der Waals surface area contributed by atoms with Gasteiger partial charge >= 0.3 is 5.97 Å². The SMILES string of the molecule is Cc1ccc(CNc2c(CC(=O)O)c(C)nc3ccccc23)cc1. The number of aliphatic carboxylic acids is 1. The number of aryl methyl sites for hydroxylation is 2. The predicted molar refractivity (Wildman–Crippen MR) is 96.3 cm³/mol. The maximum absolute atomic E-state index is 11.3. The molecule has 0 unspecified atom stereocenters. The maximum Gasteiger partial charge on any atom is 0.307 e. The minimum Gasteiger partial charge on any atom is -0.481 e. The number of aromatic nitrogens is 1. The van der Waals surface area contributed by atoms with Crippen molar-refractivity contribution in [2.75, 3.05) is 5.32 Å². The van der Waals surface area contributed by atoms with Crippen molar-refractivity contribution in [1.29, 1.82) is 0 Å². The number of carbonyl (C=O) groups is 1. The van der Waals surface area contributed by atoms with Crippen LogP contribution in [0.3, 0.4) is 0 Å². The van der Waals surface area contributed by atoms with E-state index in [9.17, 15) is 9.90 Å². The fraction of sp³-hybridized carbons (Fsp3) is 0.200. The van der Waals surface area contributed by atoms with Gasteiger partial charge in [-0.25, -0.2) is 0 Å². The van der Waals surface area contributed by atoms with Crippen molar-refractivity contribution in [3.8, 4) is 0 Å². The first-order valence-electron chi connectivity index (χ1n) is 7.94. The quantitative estimate of drug-likeness (QED) is 0.743.